The molecule has 1 aromatic heterocycles. The van der Waals surface area contributed by atoms with Crippen LogP contribution in [-0.2, 0) is 11.8 Å². The van der Waals surface area contributed by atoms with E-state index >= 15 is 0 Å². The summed E-state index contributed by atoms with van der Waals surface area (Å²) in [5, 5.41) is 16.2. The van der Waals surface area contributed by atoms with Gasteiger partial charge in [0.25, 0.3) is 5.91 Å². The number of nitrogens with one attached hydrogen (secondary N) is 2. The van der Waals surface area contributed by atoms with Crippen LogP contribution >= 0.6 is 12.2 Å². The minimum atomic E-state index is -0.303. The van der Waals surface area contributed by atoms with E-state index in [1.807, 2.05) is 30.3 Å². The van der Waals surface area contributed by atoms with Gasteiger partial charge in [-0.1, -0.05) is 45.9 Å². The molecule has 0 atom stereocenters. The second-order valence-electron chi connectivity index (χ2n) is 9.14. The third-order valence-corrected chi connectivity index (χ3v) is 5.79. The number of hydrogen-bond donors (Lipinski definition) is 3. The number of aryl methyl sites for hydroxylation is 1. The van der Waals surface area contributed by atoms with E-state index in [0.717, 1.165) is 23.1 Å². The monoisotopic (exact) mass is 473 g/mol. The van der Waals surface area contributed by atoms with Crippen LogP contribution in [0, 0.1) is 0 Å². The molecule has 34 heavy (non-hydrogen) atoms. The number of nitrogens with zero attached hydrogens (tertiary/aromatic N) is 1. The molecule has 0 fully saturated rings. The number of aromatic hydroxyl groups is 1. The predicted molar refractivity (Wildman–Crippen MR) is 139 cm³/mol. The van der Waals surface area contributed by atoms with Crippen molar-refractivity contribution in [3.05, 3.63) is 77.4 Å². The van der Waals surface area contributed by atoms with Crippen LogP contribution in [0.1, 0.15) is 49.2 Å². The number of hydrogen-bond acceptors (Lipinski definition) is 5. The van der Waals surface area contributed by atoms with Gasteiger partial charge in [0.05, 0.1) is 5.56 Å². The van der Waals surface area contributed by atoms with Crippen LogP contribution < -0.4 is 10.6 Å². The lowest BCUT2D eigenvalue weighted by molar-refractivity contribution is 0.0977. The number of carbonyl (C=O) groups is 1. The summed E-state index contributed by atoms with van der Waals surface area (Å²) in [5.41, 5.74) is 5.20. The Labute approximate surface area is 204 Å². The number of rotatable bonds is 4. The van der Waals surface area contributed by atoms with Crippen molar-refractivity contribution >= 4 is 40.0 Å². The van der Waals surface area contributed by atoms with Crippen LogP contribution in [0.2, 0.25) is 0 Å². The zero-order valence-electron chi connectivity index (χ0n) is 19.6. The van der Waals surface area contributed by atoms with E-state index in [1.165, 1.54) is 6.07 Å². The first-order valence-electron chi connectivity index (χ1n) is 11.1. The zero-order valence-corrected chi connectivity index (χ0v) is 20.4. The third kappa shape index (κ3) is 5.10. The van der Waals surface area contributed by atoms with Crippen LogP contribution in [-0.4, -0.2) is 21.1 Å². The van der Waals surface area contributed by atoms with Gasteiger partial charge in [-0.3, -0.25) is 10.1 Å². The standard InChI is InChI=1S/C27H27N3O3S/c1-5-16-6-13-23-21(14-16)29-25(33-23)20-15-19(11-12-22(20)31)28-26(34)30-24(32)17-7-9-18(10-8-17)27(2,3)4/h6-15,31H,5H2,1-4H3,(H2,28,30,32,34). The molecular weight excluding hydrogens is 446 g/mol. The highest BCUT2D eigenvalue weighted by Gasteiger charge is 2.16. The maximum Gasteiger partial charge on any atom is 0.257 e. The molecule has 0 spiro atoms. The molecule has 0 unspecified atom stereocenters. The summed E-state index contributed by atoms with van der Waals surface area (Å²) < 4.78 is 5.85. The van der Waals surface area contributed by atoms with E-state index < -0.39 is 0 Å². The fourth-order valence-corrected chi connectivity index (χ4v) is 3.76. The number of amides is 1. The Kier molecular flexibility index (Phi) is 6.39. The van der Waals surface area contributed by atoms with Crippen LogP contribution in [0.15, 0.2) is 65.1 Å². The lowest BCUT2D eigenvalue weighted by Gasteiger charge is -2.19. The van der Waals surface area contributed by atoms with Crippen molar-refractivity contribution in [1.29, 1.82) is 0 Å². The fourth-order valence-electron chi connectivity index (χ4n) is 3.55. The second-order valence-corrected chi connectivity index (χ2v) is 9.55. The summed E-state index contributed by atoms with van der Waals surface area (Å²) in [6.07, 6.45) is 0.896. The van der Waals surface area contributed by atoms with E-state index in [0.29, 0.717) is 28.3 Å². The molecule has 0 radical (unpaired) electrons. The minimum absolute atomic E-state index is 0.00935. The molecular formula is C27H27N3O3S. The molecule has 0 saturated heterocycles. The van der Waals surface area contributed by atoms with E-state index in [2.05, 4.69) is 43.3 Å². The predicted octanol–water partition coefficient (Wildman–Crippen LogP) is 6.19. The number of fused-ring (bicyclic) bond motifs is 1. The maximum atomic E-state index is 12.6. The van der Waals surface area contributed by atoms with Gasteiger partial charge in [-0.2, -0.15) is 0 Å². The van der Waals surface area contributed by atoms with E-state index in [9.17, 15) is 9.90 Å². The lowest BCUT2D eigenvalue weighted by atomic mass is 9.87. The average molecular weight is 474 g/mol. The van der Waals surface area contributed by atoms with Crippen LogP contribution in [0.4, 0.5) is 5.69 Å². The molecule has 0 aliphatic rings. The lowest BCUT2D eigenvalue weighted by Crippen LogP contribution is -2.34. The molecule has 6 nitrogen and oxygen atoms in total. The summed E-state index contributed by atoms with van der Waals surface area (Å²) in [7, 11) is 0. The highest BCUT2D eigenvalue weighted by molar-refractivity contribution is 7.80. The van der Waals surface area contributed by atoms with E-state index in [1.54, 1.807) is 24.3 Å². The van der Waals surface area contributed by atoms with Crippen LogP contribution in [0.25, 0.3) is 22.6 Å². The van der Waals surface area contributed by atoms with Gasteiger partial charge in [-0.25, -0.2) is 4.98 Å². The first-order chi connectivity index (χ1) is 16.1. The third-order valence-electron chi connectivity index (χ3n) is 5.59. The van der Waals surface area contributed by atoms with Crippen molar-refractivity contribution in [3.63, 3.8) is 0 Å². The first-order valence-corrected chi connectivity index (χ1v) is 11.5. The molecule has 4 rings (SSSR count). The molecule has 3 aromatic carbocycles. The highest BCUT2D eigenvalue weighted by atomic mass is 32.1. The summed E-state index contributed by atoms with van der Waals surface area (Å²) in [6, 6.07) is 18.2. The van der Waals surface area contributed by atoms with E-state index in [-0.39, 0.29) is 22.2 Å². The van der Waals surface area contributed by atoms with Crippen molar-refractivity contribution in [2.45, 2.75) is 39.5 Å². The van der Waals surface area contributed by atoms with Gasteiger partial charge in [-0.05, 0) is 77.6 Å². The average Bonchev–Trinajstić information content (AvgIpc) is 3.22. The Morgan fingerprint density at radius 3 is 2.47 bits per heavy atom. The minimum Gasteiger partial charge on any atom is -0.507 e. The number of thiocarbonyl (C=S) groups is 1. The topological polar surface area (TPSA) is 87.4 Å². The molecule has 1 amide bonds. The summed E-state index contributed by atoms with van der Waals surface area (Å²) >= 11 is 5.33. The molecule has 4 aromatic rings. The Bertz CT molecular complexity index is 1370. The quantitative estimate of drug-likeness (QED) is 0.242. The number of phenolic OH excluding ortho intramolecular Hbond substituents is 1. The zero-order chi connectivity index (χ0) is 24.5. The molecule has 1 heterocycles. The number of oxazole rings is 1. The first kappa shape index (κ1) is 23.4. The van der Waals surface area contributed by atoms with Gasteiger partial charge >= 0.3 is 0 Å². The SMILES string of the molecule is CCc1ccc2oc(-c3cc(NC(=S)NC(=O)c4ccc(C(C)(C)C)cc4)ccc3O)nc2c1. The highest BCUT2D eigenvalue weighted by Crippen LogP contribution is 2.33. The van der Waals surface area contributed by atoms with Crippen molar-refractivity contribution in [2.75, 3.05) is 5.32 Å². The molecule has 3 N–H and O–H groups in total. The number of aromatic nitrogens is 1. The van der Waals surface area contributed by atoms with Crippen molar-refractivity contribution in [2.24, 2.45) is 0 Å². The Balaban J connectivity index is 1.49. The van der Waals surface area contributed by atoms with Crippen molar-refractivity contribution in [1.82, 2.24) is 10.3 Å². The summed E-state index contributed by atoms with van der Waals surface area (Å²) in [5.74, 6) is 0.0302. The van der Waals surface area contributed by atoms with Gasteiger partial charge in [0.15, 0.2) is 10.7 Å². The Morgan fingerprint density at radius 2 is 1.79 bits per heavy atom. The summed E-state index contributed by atoms with van der Waals surface area (Å²) in [6.45, 7) is 8.44. The summed E-state index contributed by atoms with van der Waals surface area (Å²) in [4.78, 5) is 17.1. The molecule has 0 aliphatic heterocycles. The molecule has 0 aliphatic carbocycles. The van der Waals surface area contributed by atoms with Crippen molar-refractivity contribution in [3.8, 4) is 17.2 Å². The van der Waals surface area contributed by atoms with Gasteiger partial charge in [-0.15, -0.1) is 0 Å². The molecule has 0 bridgehead atoms. The number of phenols is 1. The largest absolute Gasteiger partial charge is 0.507 e. The number of carbonyl (C=O) groups excluding carboxylic acids is 1. The smallest absolute Gasteiger partial charge is 0.257 e. The number of benzene rings is 3. The maximum absolute atomic E-state index is 12.6. The van der Waals surface area contributed by atoms with Crippen LogP contribution in [0.5, 0.6) is 5.75 Å². The molecule has 7 heteroatoms. The van der Waals surface area contributed by atoms with Gasteiger partial charge in [0.2, 0.25) is 5.89 Å². The van der Waals surface area contributed by atoms with Gasteiger partial charge in [0.1, 0.15) is 11.3 Å². The van der Waals surface area contributed by atoms with Crippen molar-refractivity contribution < 1.29 is 14.3 Å². The fraction of sp³-hybridized carbons (Fsp3) is 0.222. The van der Waals surface area contributed by atoms with Gasteiger partial charge in [0, 0.05) is 11.3 Å². The Hall–Kier alpha value is -3.71. The normalized spacial score (nSPS) is 11.4. The van der Waals surface area contributed by atoms with Crippen LogP contribution in [0.3, 0.4) is 0 Å². The van der Waals surface area contributed by atoms with Gasteiger partial charge < -0.3 is 14.8 Å². The second kappa shape index (κ2) is 9.27. The van der Waals surface area contributed by atoms with E-state index in [4.69, 9.17) is 16.6 Å². The molecule has 0 saturated carbocycles. The Morgan fingerprint density at radius 1 is 1.06 bits per heavy atom. The molecule has 174 valence electrons. The number of anilines is 1.